The smallest absolute Gasteiger partial charge is 0.0375 e. The number of benzene rings is 4. The molecule has 1 fully saturated rings. The first kappa shape index (κ1) is 22.5. The van der Waals surface area contributed by atoms with Crippen molar-refractivity contribution in [3.05, 3.63) is 144 Å². The first-order valence-corrected chi connectivity index (χ1v) is 13.1. The molecule has 0 N–H and O–H groups in total. The molecule has 0 nitrogen and oxygen atoms in total. The predicted octanol–water partition coefficient (Wildman–Crippen LogP) is 8.04. The van der Waals surface area contributed by atoms with Crippen LogP contribution < -0.4 is 0 Å². The summed E-state index contributed by atoms with van der Waals surface area (Å²) in [6.45, 7) is 0. The van der Waals surface area contributed by atoms with Crippen molar-refractivity contribution in [3.8, 4) is 0 Å². The van der Waals surface area contributed by atoms with Crippen LogP contribution in [0.15, 0.2) is 121 Å². The van der Waals surface area contributed by atoms with Crippen LogP contribution in [0.5, 0.6) is 0 Å². The van der Waals surface area contributed by atoms with Crippen molar-refractivity contribution in [3.63, 3.8) is 0 Å². The largest absolute Gasteiger partial charge is 0.121 e. The molecule has 4 unspecified atom stereocenters. The molecule has 4 aromatic carbocycles. The van der Waals surface area contributed by atoms with Crippen molar-refractivity contribution in [1.82, 2.24) is 0 Å². The lowest BCUT2D eigenvalue weighted by atomic mass is 9.67. The minimum Gasteiger partial charge on any atom is -0.121 e. The maximum absolute atomic E-state index is 3.34. The zero-order chi connectivity index (χ0) is 22.7. The minimum absolute atomic E-state index is 0.144. The van der Waals surface area contributed by atoms with Gasteiger partial charge in [-0.05, 0) is 46.9 Å². The van der Waals surface area contributed by atoms with E-state index < -0.39 is 0 Å². The Hall–Kier alpha value is -2.26. The summed E-state index contributed by atoms with van der Waals surface area (Å²) in [5.74, 6) is 0.954. The van der Waals surface area contributed by atoms with Crippen molar-refractivity contribution in [2.75, 3.05) is 0 Å². The van der Waals surface area contributed by atoms with Gasteiger partial charge in [0.1, 0.15) is 0 Å². The van der Waals surface area contributed by atoms with Gasteiger partial charge in [0.05, 0.1) is 0 Å². The van der Waals surface area contributed by atoms with Crippen LogP contribution in [0, 0.1) is 11.8 Å². The third-order valence-electron chi connectivity index (χ3n) is 7.69. The van der Waals surface area contributed by atoms with Crippen LogP contribution in [-0.2, 0) is 10.3 Å². The Morgan fingerprint density at radius 3 is 0.909 bits per heavy atom. The molecule has 0 spiro atoms. The van der Waals surface area contributed by atoms with Crippen LogP contribution in [0.4, 0.5) is 0 Å². The second kappa shape index (κ2) is 9.54. The predicted molar refractivity (Wildman–Crippen MR) is 148 cm³/mol. The van der Waals surface area contributed by atoms with Gasteiger partial charge in [-0.15, -0.1) is 18.5 Å². The van der Waals surface area contributed by atoms with Gasteiger partial charge in [-0.2, -0.15) is 0 Å². The summed E-state index contributed by atoms with van der Waals surface area (Å²) in [6.07, 6.45) is 3.68. The maximum atomic E-state index is 3.34. The van der Waals surface area contributed by atoms with Crippen molar-refractivity contribution in [1.29, 1.82) is 0 Å². The molecule has 0 saturated heterocycles. The summed E-state index contributed by atoms with van der Waals surface area (Å²) in [6, 6.07) is 44.5. The highest BCUT2D eigenvalue weighted by Crippen LogP contribution is 2.61. The summed E-state index contributed by atoms with van der Waals surface area (Å²) >= 11 is 0. The molecule has 2 heteroatoms. The first-order chi connectivity index (χ1) is 16.1. The molecular weight excluding hydrogens is 434 g/mol. The van der Waals surface area contributed by atoms with Crippen LogP contribution in [0.2, 0.25) is 0 Å². The van der Waals surface area contributed by atoms with Crippen LogP contribution >= 0.6 is 18.5 Å². The van der Waals surface area contributed by atoms with E-state index in [0.29, 0.717) is 11.8 Å². The van der Waals surface area contributed by atoms with Crippen molar-refractivity contribution in [2.24, 2.45) is 11.8 Å². The highest BCUT2D eigenvalue weighted by Gasteiger charge is 2.51. The van der Waals surface area contributed by atoms with Gasteiger partial charge >= 0.3 is 0 Å². The van der Waals surface area contributed by atoms with E-state index in [0.717, 1.165) is 0 Å². The fourth-order valence-corrected chi connectivity index (χ4v) is 7.66. The summed E-state index contributed by atoms with van der Waals surface area (Å²) in [4.78, 5) is 0. The molecule has 1 aliphatic rings. The summed E-state index contributed by atoms with van der Waals surface area (Å²) < 4.78 is 0. The molecule has 0 radical (unpaired) electrons. The maximum Gasteiger partial charge on any atom is 0.0375 e. The molecule has 0 amide bonds. The van der Waals surface area contributed by atoms with Crippen LogP contribution in [-0.4, -0.2) is 0 Å². The van der Waals surface area contributed by atoms with Gasteiger partial charge in [-0.3, -0.25) is 0 Å². The van der Waals surface area contributed by atoms with Crippen LogP contribution in [0.3, 0.4) is 0 Å². The van der Waals surface area contributed by atoms with E-state index in [-0.39, 0.29) is 10.3 Å². The van der Waals surface area contributed by atoms with Crippen LogP contribution in [0.25, 0.3) is 0 Å². The van der Waals surface area contributed by atoms with E-state index in [1.807, 2.05) is 0 Å². The second-order valence-electron chi connectivity index (χ2n) is 9.35. The second-order valence-corrected chi connectivity index (χ2v) is 11.2. The van der Waals surface area contributed by atoms with Gasteiger partial charge in [-0.1, -0.05) is 128 Å². The quantitative estimate of drug-likeness (QED) is 0.252. The molecule has 1 aliphatic carbocycles. The van der Waals surface area contributed by atoms with E-state index in [2.05, 4.69) is 140 Å². The first-order valence-electron chi connectivity index (χ1n) is 11.9. The monoisotopic (exact) mass is 466 g/mol. The lowest BCUT2D eigenvalue weighted by molar-refractivity contribution is 0.281. The molecule has 0 aromatic heterocycles. The fraction of sp³-hybridized carbons (Fsp3) is 0.226. The van der Waals surface area contributed by atoms with E-state index in [4.69, 9.17) is 0 Å². The van der Waals surface area contributed by atoms with Crippen molar-refractivity contribution < 1.29 is 0 Å². The van der Waals surface area contributed by atoms with Gasteiger partial charge in [0.25, 0.3) is 0 Å². The van der Waals surface area contributed by atoms with Gasteiger partial charge in [0, 0.05) is 10.3 Å². The highest BCUT2D eigenvalue weighted by molar-refractivity contribution is 7.19. The molecule has 33 heavy (non-hydrogen) atoms. The number of rotatable bonds is 6. The van der Waals surface area contributed by atoms with Gasteiger partial charge in [-0.25, -0.2) is 0 Å². The lowest BCUT2D eigenvalue weighted by Gasteiger charge is -2.47. The minimum atomic E-state index is -0.144. The Kier molecular flexibility index (Phi) is 6.51. The number of hydrogen-bond acceptors (Lipinski definition) is 0. The Morgan fingerprint density at radius 1 is 0.424 bits per heavy atom. The Labute approximate surface area is 203 Å². The highest BCUT2D eigenvalue weighted by atomic mass is 31.0. The third-order valence-corrected chi connectivity index (χ3v) is 9.88. The summed E-state index contributed by atoms with van der Waals surface area (Å²) in [7, 11) is 6.67. The molecule has 0 aliphatic heterocycles. The van der Waals surface area contributed by atoms with Crippen LogP contribution in [0.1, 0.15) is 41.5 Å². The van der Waals surface area contributed by atoms with E-state index in [9.17, 15) is 0 Å². The molecule has 5 rings (SSSR count). The molecule has 0 bridgehead atoms. The Bertz CT molecular complexity index is 983. The standard InChI is InChI=1S/C31H32P2/c32-30(24-14-5-1-6-15-24,25-16-7-2-8-17-25)28-22-13-23-29(28)31(33,26-18-9-3-10-19-26)27-20-11-4-12-21-27/h1-12,14-21,28-29H,13,22-23,32-33H2. The fourth-order valence-electron chi connectivity index (χ4n) is 6.10. The molecule has 4 atom stereocenters. The Morgan fingerprint density at radius 2 is 0.667 bits per heavy atom. The van der Waals surface area contributed by atoms with E-state index in [1.54, 1.807) is 0 Å². The van der Waals surface area contributed by atoms with Crippen molar-refractivity contribution in [2.45, 2.75) is 29.6 Å². The lowest BCUT2D eigenvalue weighted by Crippen LogP contribution is -2.41. The van der Waals surface area contributed by atoms with E-state index in [1.165, 1.54) is 41.5 Å². The summed E-state index contributed by atoms with van der Waals surface area (Å²) in [5, 5.41) is -0.288. The SMILES string of the molecule is PC(c1ccccc1)(c1ccccc1)C1CCCC1C(P)(c1ccccc1)c1ccccc1. The molecular formula is C31H32P2. The topological polar surface area (TPSA) is 0 Å². The molecule has 0 heterocycles. The third kappa shape index (κ3) is 3.99. The normalized spacial score (nSPS) is 18.8. The molecule has 1 saturated carbocycles. The zero-order valence-corrected chi connectivity index (χ0v) is 21.3. The average Bonchev–Trinajstić information content (AvgIpc) is 3.41. The Balaban J connectivity index is 1.70. The van der Waals surface area contributed by atoms with Gasteiger partial charge in [0.15, 0.2) is 0 Å². The zero-order valence-electron chi connectivity index (χ0n) is 19.0. The van der Waals surface area contributed by atoms with Gasteiger partial charge in [0.2, 0.25) is 0 Å². The molecule has 166 valence electrons. The van der Waals surface area contributed by atoms with Gasteiger partial charge < -0.3 is 0 Å². The number of hydrogen-bond donors (Lipinski definition) is 0. The average molecular weight is 467 g/mol. The molecule has 4 aromatic rings. The van der Waals surface area contributed by atoms with Crippen molar-refractivity contribution >= 4 is 18.5 Å². The van der Waals surface area contributed by atoms with E-state index >= 15 is 0 Å². The summed E-state index contributed by atoms with van der Waals surface area (Å²) in [5.41, 5.74) is 5.52.